The number of nitrogens with zero attached hydrogens (tertiary/aromatic N) is 4. The Morgan fingerprint density at radius 2 is 1.93 bits per heavy atom. The first-order valence-corrected chi connectivity index (χ1v) is 10.8. The van der Waals surface area contributed by atoms with Crippen LogP contribution in [0.5, 0.6) is 0 Å². The molecule has 1 atom stereocenters. The Labute approximate surface area is 165 Å². The van der Waals surface area contributed by atoms with Gasteiger partial charge in [0, 0.05) is 12.2 Å². The van der Waals surface area contributed by atoms with Gasteiger partial charge < -0.3 is 5.32 Å². The molecule has 1 saturated heterocycles. The van der Waals surface area contributed by atoms with E-state index < -0.39 is 0 Å². The monoisotopic (exact) mass is 387 g/mol. The molecule has 0 radical (unpaired) electrons. The van der Waals surface area contributed by atoms with E-state index in [0.29, 0.717) is 12.3 Å². The van der Waals surface area contributed by atoms with Crippen LogP contribution in [0.4, 0.5) is 0 Å². The lowest BCUT2D eigenvalue weighted by atomic mass is 10.1. The van der Waals surface area contributed by atoms with Crippen LogP contribution in [0.2, 0.25) is 0 Å². The Hall–Kier alpha value is -1.86. The second-order valence-corrected chi connectivity index (χ2v) is 7.87. The minimum atomic E-state index is 0.0371. The van der Waals surface area contributed by atoms with Crippen LogP contribution in [-0.4, -0.2) is 51.0 Å². The maximum atomic E-state index is 12.0. The summed E-state index contributed by atoms with van der Waals surface area (Å²) in [6, 6.07) is 10.4. The van der Waals surface area contributed by atoms with Gasteiger partial charge in [-0.25, -0.2) is 0 Å². The van der Waals surface area contributed by atoms with Gasteiger partial charge in [0.15, 0.2) is 11.0 Å². The summed E-state index contributed by atoms with van der Waals surface area (Å²) in [5, 5.41) is 12.6. The number of rotatable bonds is 8. The highest BCUT2D eigenvalue weighted by atomic mass is 32.2. The van der Waals surface area contributed by atoms with Crippen LogP contribution in [0, 0.1) is 0 Å². The highest BCUT2D eigenvalue weighted by Gasteiger charge is 2.25. The van der Waals surface area contributed by atoms with E-state index in [9.17, 15) is 4.79 Å². The molecule has 0 saturated carbocycles. The third-order valence-corrected chi connectivity index (χ3v) is 5.82. The second-order valence-electron chi connectivity index (χ2n) is 6.92. The molecule has 1 N–H and O–H groups in total. The number of amides is 1. The van der Waals surface area contributed by atoms with Gasteiger partial charge in [0.25, 0.3) is 0 Å². The zero-order valence-electron chi connectivity index (χ0n) is 16.2. The van der Waals surface area contributed by atoms with Gasteiger partial charge in [-0.15, -0.1) is 10.2 Å². The van der Waals surface area contributed by atoms with Gasteiger partial charge in [-0.05, 0) is 51.4 Å². The molecular weight excluding hydrogens is 358 g/mol. The summed E-state index contributed by atoms with van der Waals surface area (Å²) in [6.45, 7) is 7.17. The van der Waals surface area contributed by atoms with Crippen LogP contribution >= 0.6 is 11.8 Å². The van der Waals surface area contributed by atoms with Gasteiger partial charge in [0.1, 0.15) is 0 Å². The molecule has 0 bridgehead atoms. The molecule has 2 aromatic rings. The van der Waals surface area contributed by atoms with Gasteiger partial charge in [-0.1, -0.05) is 43.3 Å². The second kappa shape index (κ2) is 9.90. The summed E-state index contributed by atoms with van der Waals surface area (Å²) < 4.78 is 2.11. The summed E-state index contributed by atoms with van der Waals surface area (Å²) in [7, 11) is 0. The van der Waals surface area contributed by atoms with E-state index in [-0.39, 0.29) is 11.9 Å². The normalized spacial score (nSPS) is 16.2. The number of piperidine rings is 1. The number of carbonyl (C=O) groups is 1. The Bertz CT molecular complexity index is 727. The zero-order valence-corrected chi connectivity index (χ0v) is 17.0. The molecule has 1 aliphatic rings. The highest BCUT2D eigenvalue weighted by molar-refractivity contribution is 7.99. The van der Waals surface area contributed by atoms with Crippen molar-refractivity contribution in [3.63, 3.8) is 0 Å². The Morgan fingerprint density at radius 3 is 2.63 bits per heavy atom. The zero-order chi connectivity index (χ0) is 19.1. The maximum Gasteiger partial charge on any atom is 0.230 e. The Balaban J connectivity index is 1.83. The first kappa shape index (κ1) is 19.9. The smallest absolute Gasteiger partial charge is 0.230 e. The van der Waals surface area contributed by atoms with Gasteiger partial charge in [0.05, 0.1) is 11.8 Å². The van der Waals surface area contributed by atoms with E-state index in [4.69, 9.17) is 0 Å². The molecule has 1 aromatic heterocycles. The summed E-state index contributed by atoms with van der Waals surface area (Å²) in [4.78, 5) is 14.5. The van der Waals surface area contributed by atoms with Gasteiger partial charge in [0.2, 0.25) is 5.91 Å². The fourth-order valence-corrected chi connectivity index (χ4v) is 4.17. The maximum absolute atomic E-state index is 12.0. The lowest BCUT2D eigenvalue weighted by Gasteiger charge is -2.31. The van der Waals surface area contributed by atoms with Gasteiger partial charge >= 0.3 is 0 Å². The molecule has 0 unspecified atom stereocenters. The average Bonchev–Trinajstić information content (AvgIpc) is 3.15. The fraction of sp³-hybridized carbons (Fsp3) is 0.550. The van der Waals surface area contributed by atoms with Gasteiger partial charge in [-0.3, -0.25) is 14.3 Å². The number of hydrogen-bond donors (Lipinski definition) is 1. The number of carbonyl (C=O) groups excluding carboxylic acids is 1. The van der Waals surface area contributed by atoms with E-state index in [1.54, 1.807) is 0 Å². The molecule has 1 aromatic carbocycles. The number of nitrogens with one attached hydrogen (secondary N) is 1. The molecule has 1 aliphatic heterocycles. The third-order valence-electron chi connectivity index (χ3n) is 4.89. The van der Waals surface area contributed by atoms with Crippen molar-refractivity contribution in [2.45, 2.75) is 50.7 Å². The minimum Gasteiger partial charge on any atom is -0.355 e. The number of aromatic nitrogens is 3. The van der Waals surface area contributed by atoms with Crippen LogP contribution in [0.25, 0.3) is 5.69 Å². The summed E-state index contributed by atoms with van der Waals surface area (Å²) >= 11 is 1.44. The summed E-state index contributed by atoms with van der Waals surface area (Å²) in [5.41, 5.74) is 1.04. The van der Waals surface area contributed by atoms with Crippen molar-refractivity contribution >= 4 is 17.7 Å². The summed E-state index contributed by atoms with van der Waals surface area (Å²) in [5.74, 6) is 1.33. The first-order chi connectivity index (χ1) is 13.2. The van der Waals surface area contributed by atoms with E-state index in [2.05, 4.69) is 44.0 Å². The largest absolute Gasteiger partial charge is 0.355 e. The van der Waals surface area contributed by atoms with Crippen LogP contribution in [0.1, 0.15) is 51.4 Å². The Kier molecular flexibility index (Phi) is 7.29. The summed E-state index contributed by atoms with van der Waals surface area (Å²) in [6.07, 6.45) is 4.72. The average molecular weight is 388 g/mol. The molecule has 0 spiro atoms. The highest BCUT2D eigenvalue weighted by Crippen LogP contribution is 2.29. The first-order valence-electron chi connectivity index (χ1n) is 9.85. The van der Waals surface area contributed by atoms with E-state index in [0.717, 1.165) is 36.2 Å². The van der Waals surface area contributed by atoms with Crippen molar-refractivity contribution in [2.75, 3.05) is 25.4 Å². The predicted molar refractivity (Wildman–Crippen MR) is 109 cm³/mol. The van der Waals surface area contributed by atoms with E-state index >= 15 is 0 Å². The van der Waals surface area contributed by atoms with Crippen LogP contribution in [0.15, 0.2) is 35.5 Å². The number of likely N-dealkylation sites (tertiary alicyclic amines) is 1. The van der Waals surface area contributed by atoms with Crippen LogP contribution in [-0.2, 0) is 4.79 Å². The van der Waals surface area contributed by atoms with Crippen molar-refractivity contribution in [1.29, 1.82) is 0 Å². The molecular formula is C20H29N5OS. The van der Waals surface area contributed by atoms with Crippen molar-refractivity contribution in [3.8, 4) is 5.69 Å². The molecule has 1 fully saturated rings. The van der Waals surface area contributed by atoms with Crippen LogP contribution in [0.3, 0.4) is 0 Å². The topological polar surface area (TPSA) is 63.1 Å². The lowest BCUT2D eigenvalue weighted by molar-refractivity contribution is -0.118. The molecule has 7 heteroatoms. The number of benzene rings is 1. The predicted octanol–water partition coefficient (Wildman–Crippen LogP) is 3.43. The standard InChI is InChI=1S/C20H29N5OS/c1-3-12-21-18(26)15-27-20-23-22-19(16(2)24-13-8-5-9-14-24)25(20)17-10-6-4-7-11-17/h4,6-7,10-11,16H,3,5,8-9,12-15H2,1-2H3,(H,21,26)/t16-/m0/s1. The molecule has 0 aliphatic carbocycles. The Morgan fingerprint density at radius 1 is 1.19 bits per heavy atom. The van der Waals surface area contributed by atoms with Crippen molar-refractivity contribution < 1.29 is 4.79 Å². The number of hydrogen-bond acceptors (Lipinski definition) is 5. The van der Waals surface area contributed by atoms with E-state index in [1.165, 1.54) is 31.0 Å². The molecule has 1 amide bonds. The molecule has 2 heterocycles. The van der Waals surface area contributed by atoms with Crippen molar-refractivity contribution in [2.24, 2.45) is 0 Å². The number of thioether (sulfide) groups is 1. The SMILES string of the molecule is CCCNC(=O)CSc1nnc([C@H](C)N2CCCCC2)n1-c1ccccc1. The van der Waals surface area contributed by atoms with Crippen LogP contribution < -0.4 is 5.32 Å². The minimum absolute atomic E-state index is 0.0371. The van der Waals surface area contributed by atoms with Crippen molar-refractivity contribution in [3.05, 3.63) is 36.2 Å². The fourth-order valence-electron chi connectivity index (χ4n) is 3.38. The molecule has 3 rings (SSSR count). The van der Waals surface area contributed by atoms with Gasteiger partial charge in [-0.2, -0.15) is 0 Å². The third kappa shape index (κ3) is 5.11. The molecule has 6 nitrogen and oxygen atoms in total. The molecule has 146 valence electrons. The van der Waals surface area contributed by atoms with E-state index in [1.807, 2.05) is 25.1 Å². The lowest BCUT2D eigenvalue weighted by Crippen LogP contribution is -2.33. The molecule has 27 heavy (non-hydrogen) atoms. The quantitative estimate of drug-likeness (QED) is 0.703. The van der Waals surface area contributed by atoms with Crippen molar-refractivity contribution in [1.82, 2.24) is 25.0 Å². The number of para-hydroxylation sites is 1.